The van der Waals surface area contributed by atoms with E-state index in [1.807, 2.05) is 6.07 Å². The number of hydrogen-bond acceptors (Lipinski definition) is 3. The second-order valence-corrected chi connectivity index (χ2v) is 9.18. The number of nitrogens with one attached hydrogen (secondary N) is 1. The predicted octanol–water partition coefficient (Wildman–Crippen LogP) is 2.86. The van der Waals surface area contributed by atoms with Gasteiger partial charge < -0.3 is 5.32 Å². The van der Waals surface area contributed by atoms with Gasteiger partial charge >= 0.3 is 0 Å². The second-order valence-electron chi connectivity index (χ2n) is 5.93. The lowest BCUT2D eigenvalue weighted by molar-refractivity contribution is 0.290. The van der Waals surface area contributed by atoms with Crippen LogP contribution in [0.1, 0.15) is 37.2 Å². The van der Waals surface area contributed by atoms with Crippen molar-refractivity contribution in [1.29, 1.82) is 0 Å². The Labute approximate surface area is 129 Å². The summed E-state index contributed by atoms with van der Waals surface area (Å²) in [5, 5.41) is 3.29. The molecule has 1 saturated heterocycles. The molecule has 3 rings (SSSR count). The first-order chi connectivity index (χ1) is 9.56. The van der Waals surface area contributed by atoms with Crippen molar-refractivity contribution < 1.29 is 8.42 Å². The van der Waals surface area contributed by atoms with E-state index in [0.29, 0.717) is 24.3 Å². The molecule has 1 heterocycles. The van der Waals surface area contributed by atoms with Crippen LogP contribution in [0, 0.1) is 0 Å². The summed E-state index contributed by atoms with van der Waals surface area (Å²) in [5.41, 5.74) is 1.37. The number of hydrogen-bond donors (Lipinski definition) is 1. The minimum atomic E-state index is -2.81. The highest BCUT2D eigenvalue weighted by Crippen LogP contribution is 2.40. The van der Waals surface area contributed by atoms with Crippen molar-refractivity contribution in [2.45, 2.75) is 42.9 Å². The van der Waals surface area contributed by atoms with E-state index >= 15 is 0 Å². The van der Waals surface area contributed by atoms with Gasteiger partial charge in [0.2, 0.25) is 0 Å². The Bertz CT molecular complexity index is 581. The molecule has 1 atom stereocenters. The Morgan fingerprint density at radius 2 is 2.00 bits per heavy atom. The number of sulfone groups is 1. The van der Waals surface area contributed by atoms with Crippen molar-refractivity contribution in [2.24, 2.45) is 0 Å². The van der Waals surface area contributed by atoms with E-state index in [1.54, 1.807) is 0 Å². The molecule has 1 unspecified atom stereocenters. The number of benzene rings is 1. The van der Waals surface area contributed by atoms with Crippen LogP contribution in [-0.4, -0.2) is 32.0 Å². The summed E-state index contributed by atoms with van der Waals surface area (Å²) >= 11 is 3.60. The van der Waals surface area contributed by atoms with Crippen molar-refractivity contribution in [2.75, 3.05) is 12.3 Å². The van der Waals surface area contributed by atoms with E-state index < -0.39 is 9.84 Å². The molecule has 2 fully saturated rings. The van der Waals surface area contributed by atoms with Crippen molar-refractivity contribution in [3.8, 4) is 0 Å². The van der Waals surface area contributed by atoms with E-state index in [2.05, 4.69) is 39.4 Å². The molecule has 0 amide bonds. The van der Waals surface area contributed by atoms with Crippen LogP contribution in [-0.2, 0) is 9.84 Å². The van der Waals surface area contributed by atoms with Crippen LogP contribution in [0.5, 0.6) is 0 Å². The SMILES string of the molecule is O=S1(=O)CCCC1CNC1CC(c2ccccc2Br)C1. The summed E-state index contributed by atoms with van der Waals surface area (Å²) in [5.74, 6) is 0.979. The first-order valence-electron chi connectivity index (χ1n) is 7.25. The van der Waals surface area contributed by atoms with E-state index in [-0.39, 0.29) is 5.25 Å². The summed E-state index contributed by atoms with van der Waals surface area (Å²) in [4.78, 5) is 0. The first kappa shape index (κ1) is 14.5. The maximum atomic E-state index is 11.8. The lowest BCUT2D eigenvalue weighted by Gasteiger charge is -2.37. The molecule has 2 aliphatic rings. The van der Waals surface area contributed by atoms with Crippen molar-refractivity contribution >= 4 is 25.8 Å². The van der Waals surface area contributed by atoms with Crippen LogP contribution in [0.2, 0.25) is 0 Å². The predicted molar refractivity (Wildman–Crippen MR) is 84.7 cm³/mol. The van der Waals surface area contributed by atoms with Crippen LogP contribution >= 0.6 is 15.9 Å². The minimum Gasteiger partial charge on any atom is -0.313 e. The third kappa shape index (κ3) is 2.95. The molecule has 1 aliphatic heterocycles. The van der Waals surface area contributed by atoms with E-state index in [9.17, 15) is 8.42 Å². The summed E-state index contributed by atoms with van der Waals surface area (Å²) in [6.07, 6.45) is 3.87. The van der Waals surface area contributed by atoms with E-state index in [1.165, 1.54) is 10.0 Å². The van der Waals surface area contributed by atoms with Crippen LogP contribution < -0.4 is 5.32 Å². The fraction of sp³-hybridized carbons (Fsp3) is 0.600. The molecule has 3 nitrogen and oxygen atoms in total. The lowest BCUT2D eigenvalue weighted by atomic mass is 9.76. The van der Waals surface area contributed by atoms with Gasteiger partial charge in [-0.15, -0.1) is 0 Å². The van der Waals surface area contributed by atoms with Crippen molar-refractivity contribution in [3.05, 3.63) is 34.3 Å². The Kier molecular flexibility index (Phi) is 4.20. The van der Waals surface area contributed by atoms with E-state index in [4.69, 9.17) is 0 Å². The Morgan fingerprint density at radius 3 is 2.65 bits per heavy atom. The quantitative estimate of drug-likeness (QED) is 0.900. The monoisotopic (exact) mass is 357 g/mol. The van der Waals surface area contributed by atoms with Gasteiger partial charge in [0.05, 0.1) is 11.0 Å². The molecule has 1 aliphatic carbocycles. The summed E-state index contributed by atoms with van der Waals surface area (Å²) in [6.45, 7) is 0.635. The lowest BCUT2D eigenvalue weighted by Crippen LogP contribution is -2.44. The Hall–Kier alpha value is -0.390. The molecular formula is C15H20BrNO2S. The van der Waals surface area contributed by atoms with Crippen LogP contribution in [0.25, 0.3) is 0 Å². The molecule has 0 radical (unpaired) electrons. The van der Waals surface area contributed by atoms with Gasteiger partial charge in [-0.25, -0.2) is 8.42 Å². The molecule has 110 valence electrons. The minimum absolute atomic E-state index is 0.148. The summed E-state index contributed by atoms with van der Waals surface area (Å²) < 4.78 is 24.7. The number of halogens is 1. The normalized spacial score (nSPS) is 31.9. The topological polar surface area (TPSA) is 46.2 Å². The third-order valence-corrected chi connectivity index (χ3v) is 7.58. The smallest absolute Gasteiger partial charge is 0.154 e. The van der Waals surface area contributed by atoms with Crippen LogP contribution in [0.3, 0.4) is 0 Å². The average Bonchev–Trinajstić information content (AvgIpc) is 2.69. The molecule has 20 heavy (non-hydrogen) atoms. The van der Waals surface area contributed by atoms with E-state index in [0.717, 1.165) is 25.7 Å². The highest BCUT2D eigenvalue weighted by atomic mass is 79.9. The zero-order valence-corrected chi connectivity index (χ0v) is 13.8. The standard InChI is InChI=1S/C15H20BrNO2S/c16-15-6-2-1-5-14(15)11-8-12(9-11)17-10-13-4-3-7-20(13,18)19/h1-2,5-6,11-13,17H,3-4,7-10H2. The second kappa shape index (κ2) is 5.78. The molecule has 0 bridgehead atoms. The van der Waals surface area contributed by atoms with Crippen molar-refractivity contribution in [3.63, 3.8) is 0 Å². The van der Waals surface area contributed by atoms with Crippen LogP contribution in [0.15, 0.2) is 28.7 Å². The molecule has 1 saturated carbocycles. The van der Waals surface area contributed by atoms with Crippen molar-refractivity contribution in [1.82, 2.24) is 5.32 Å². The maximum Gasteiger partial charge on any atom is 0.154 e. The summed E-state index contributed by atoms with van der Waals surface area (Å²) in [7, 11) is -2.81. The average molecular weight is 358 g/mol. The summed E-state index contributed by atoms with van der Waals surface area (Å²) in [6, 6.07) is 8.84. The first-order valence-corrected chi connectivity index (χ1v) is 9.76. The van der Waals surface area contributed by atoms with Gasteiger partial charge in [0, 0.05) is 17.1 Å². The zero-order valence-electron chi connectivity index (χ0n) is 11.4. The molecule has 5 heteroatoms. The highest BCUT2D eigenvalue weighted by molar-refractivity contribution is 9.10. The molecule has 1 aromatic carbocycles. The number of rotatable bonds is 4. The Balaban J connectivity index is 1.48. The van der Waals surface area contributed by atoms with Gasteiger partial charge in [-0.3, -0.25) is 0 Å². The maximum absolute atomic E-state index is 11.8. The van der Waals surface area contributed by atoms with Gasteiger partial charge in [-0.1, -0.05) is 34.1 Å². The molecule has 1 N–H and O–H groups in total. The van der Waals surface area contributed by atoms with Gasteiger partial charge in [0.1, 0.15) is 0 Å². The fourth-order valence-corrected chi connectivity index (χ4v) is 5.62. The molecule has 1 aromatic rings. The van der Waals surface area contributed by atoms with Gasteiger partial charge in [0.25, 0.3) is 0 Å². The van der Waals surface area contributed by atoms with Crippen LogP contribution in [0.4, 0.5) is 0 Å². The molecule has 0 spiro atoms. The van der Waals surface area contributed by atoms with Gasteiger partial charge in [-0.05, 0) is 43.2 Å². The molecular weight excluding hydrogens is 338 g/mol. The van der Waals surface area contributed by atoms with Gasteiger partial charge in [-0.2, -0.15) is 0 Å². The zero-order chi connectivity index (χ0) is 14.2. The fourth-order valence-electron chi connectivity index (χ4n) is 3.23. The third-order valence-electron chi connectivity index (χ3n) is 4.58. The highest BCUT2D eigenvalue weighted by Gasteiger charge is 2.35. The molecule has 0 aromatic heterocycles. The Morgan fingerprint density at radius 1 is 1.25 bits per heavy atom. The van der Waals surface area contributed by atoms with Gasteiger partial charge in [0.15, 0.2) is 9.84 Å². The largest absolute Gasteiger partial charge is 0.313 e.